The number of nitro groups is 1. The van der Waals surface area contributed by atoms with Gasteiger partial charge in [0.1, 0.15) is 17.5 Å². The van der Waals surface area contributed by atoms with Crippen molar-refractivity contribution in [2.45, 2.75) is 28.8 Å². The van der Waals surface area contributed by atoms with Crippen LogP contribution in [-0.4, -0.2) is 91.7 Å². The number of hydrogen-bond donors (Lipinski definition) is 2. The Morgan fingerprint density at radius 3 is 2.33 bits per heavy atom. The molecule has 0 saturated carbocycles. The van der Waals surface area contributed by atoms with Gasteiger partial charge in [0.2, 0.25) is 0 Å². The van der Waals surface area contributed by atoms with Crippen LogP contribution in [0.3, 0.4) is 0 Å². The van der Waals surface area contributed by atoms with Gasteiger partial charge in [0, 0.05) is 60.9 Å². The minimum Gasteiger partial charge on any atom is -0.376 e. The first-order valence-corrected chi connectivity index (χ1v) is 21.5. The molecule has 15 heteroatoms. The molecule has 5 aromatic carbocycles. The fraction of sp³-hybridized carbons (Fsp3) is 0.256. The van der Waals surface area contributed by atoms with Crippen molar-refractivity contribution < 1.29 is 17.7 Å². The van der Waals surface area contributed by atoms with Crippen molar-refractivity contribution in [2.24, 2.45) is 0 Å². The minimum absolute atomic E-state index is 0.0351. The van der Waals surface area contributed by atoms with Crippen molar-refractivity contribution >= 4 is 55.6 Å². The molecule has 0 radical (unpaired) electrons. The van der Waals surface area contributed by atoms with Gasteiger partial charge in [-0.2, -0.15) is 0 Å². The van der Waals surface area contributed by atoms with E-state index in [1.54, 1.807) is 23.9 Å². The topological polar surface area (TPSA) is 137 Å². The number of benzene rings is 5. The third kappa shape index (κ3) is 9.73. The quantitative estimate of drug-likeness (QED) is 0.0559. The monoisotopic (exact) mass is 820 g/mol. The van der Waals surface area contributed by atoms with Crippen LogP contribution in [0.2, 0.25) is 0 Å². The second kappa shape index (κ2) is 18.3. The van der Waals surface area contributed by atoms with E-state index in [2.05, 4.69) is 49.2 Å². The molecule has 2 heterocycles. The van der Waals surface area contributed by atoms with Crippen LogP contribution in [0.4, 0.5) is 27.3 Å². The van der Waals surface area contributed by atoms with E-state index >= 15 is 4.39 Å². The Labute approximate surface area is 342 Å². The van der Waals surface area contributed by atoms with Crippen LogP contribution in [0.5, 0.6) is 0 Å². The average molecular weight is 821 g/mol. The molecule has 300 valence electrons. The molecule has 1 aliphatic heterocycles. The first-order chi connectivity index (χ1) is 28.1. The molecule has 1 saturated heterocycles. The molecule has 0 aliphatic carbocycles. The van der Waals surface area contributed by atoms with E-state index < -0.39 is 20.8 Å². The van der Waals surface area contributed by atoms with Crippen LogP contribution >= 0.6 is 11.8 Å². The molecule has 1 atom stereocenters. The summed E-state index contributed by atoms with van der Waals surface area (Å²) in [5, 5.41) is 15.8. The first kappa shape index (κ1) is 40.6. The van der Waals surface area contributed by atoms with E-state index in [0.717, 1.165) is 43.5 Å². The van der Waals surface area contributed by atoms with Crippen molar-refractivity contribution in [3.63, 3.8) is 0 Å². The van der Waals surface area contributed by atoms with E-state index in [-0.39, 0.29) is 39.0 Å². The maximum atomic E-state index is 16.2. The van der Waals surface area contributed by atoms with Crippen LogP contribution < -0.4 is 14.9 Å². The molecule has 0 amide bonds. The summed E-state index contributed by atoms with van der Waals surface area (Å²) >= 11 is 1.63. The van der Waals surface area contributed by atoms with Gasteiger partial charge in [-0.1, -0.05) is 72.8 Å². The molecule has 2 N–H and O–H groups in total. The molecular weight excluding hydrogens is 776 g/mol. The Morgan fingerprint density at radius 1 is 0.897 bits per heavy atom. The summed E-state index contributed by atoms with van der Waals surface area (Å²) in [7, 11) is -0.473. The lowest BCUT2D eigenvalue weighted by Crippen LogP contribution is -2.46. The number of sulfonamides is 1. The van der Waals surface area contributed by atoms with Crippen LogP contribution in [0.25, 0.3) is 22.0 Å². The highest BCUT2D eigenvalue weighted by atomic mass is 32.2. The fourth-order valence-corrected chi connectivity index (χ4v) is 9.08. The summed E-state index contributed by atoms with van der Waals surface area (Å²) in [5.41, 5.74) is 3.75. The number of nitrogens with zero attached hydrogens (tertiary/aromatic N) is 6. The summed E-state index contributed by atoms with van der Waals surface area (Å²) in [5.74, 6) is -0.0803. The van der Waals surface area contributed by atoms with Crippen molar-refractivity contribution in [1.29, 1.82) is 0 Å². The lowest BCUT2D eigenvalue weighted by molar-refractivity contribution is -0.384. The Balaban J connectivity index is 1.05. The lowest BCUT2D eigenvalue weighted by Gasteiger charge is -2.36. The van der Waals surface area contributed by atoms with Gasteiger partial charge in [0.05, 0.1) is 15.5 Å². The zero-order chi connectivity index (χ0) is 40.6. The van der Waals surface area contributed by atoms with Crippen molar-refractivity contribution in [2.75, 3.05) is 67.5 Å². The molecule has 0 unspecified atom stereocenters. The number of anilines is 3. The highest BCUT2D eigenvalue weighted by molar-refractivity contribution is 7.99. The van der Waals surface area contributed by atoms with Gasteiger partial charge in [-0.3, -0.25) is 19.7 Å². The molecule has 7 rings (SSSR count). The molecule has 58 heavy (non-hydrogen) atoms. The molecular formula is C43H45FN8O4S2. The number of halogens is 1. The largest absolute Gasteiger partial charge is 0.376 e. The second-order valence-electron chi connectivity index (χ2n) is 14.4. The van der Waals surface area contributed by atoms with Gasteiger partial charge in [-0.15, -0.1) is 11.8 Å². The molecule has 6 aromatic rings. The van der Waals surface area contributed by atoms with Crippen molar-refractivity contribution in [3.05, 3.63) is 143 Å². The maximum Gasteiger partial charge on any atom is 0.293 e. The Morgan fingerprint density at radius 2 is 1.60 bits per heavy atom. The third-order valence-electron chi connectivity index (χ3n) is 10.1. The van der Waals surface area contributed by atoms with Gasteiger partial charge in [-0.25, -0.2) is 22.8 Å². The number of nitro benzene ring substituents is 1. The number of thioether (sulfide) groups is 1. The van der Waals surface area contributed by atoms with Gasteiger partial charge in [0.25, 0.3) is 15.7 Å². The summed E-state index contributed by atoms with van der Waals surface area (Å²) in [6.45, 7) is 4.13. The maximum absolute atomic E-state index is 16.2. The summed E-state index contributed by atoms with van der Waals surface area (Å²) in [6.07, 6.45) is 1.80. The Bertz CT molecular complexity index is 2470. The number of fused-ring (bicyclic) bond motifs is 1. The van der Waals surface area contributed by atoms with E-state index in [1.165, 1.54) is 28.8 Å². The second-order valence-corrected chi connectivity index (χ2v) is 17.2. The number of nitrogens with one attached hydrogen (secondary N) is 2. The molecule has 12 nitrogen and oxygen atoms in total. The van der Waals surface area contributed by atoms with Gasteiger partial charge in [0.15, 0.2) is 11.6 Å². The zero-order valence-corrected chi connectivity index (χ0v) is 33.9. The smallest absolute Gasteiger partial charge is 0.293 e. The van der Waals surface area contributed by atoms with E-state index in [9.17, 15) is 18.5 Å². The average Bonchev–Trinajstić information content (AvgIpc) is 3.23. The standard InChI is InChI=1S/C43H45FN8O4S2/c1-49(2)22-21-33(29-57-34-14-7-4-8-15-34)47-38-19-17-35(27-40(38)52(53)54)58(55,56)48-43-37-18-20-39(41(44)42(37)45-30-46-43)51-25-23-50(24-26-51)28-32-13-9-10-16-36(32)31-11-5-3-6-12-31/h3-20,27,30,33,47H,21-26,28-29H2,1-2H3,(H,45,46,48)/t33-/m1/s1. The predicted octanol–water partition coefficient (Wildman–Crippen LogP) is 7.99. The molecule has 0 bridgehead atoms. The normalized spacial score (nSPS) is 14.1. The van der Waals surface area contributed by atoms with Crippen LogP contribution in [-0.2, 0) is 16.6 Å². The number of piperazine rings is 1. The summed E-state index contributed by atoms with van der Waals surface area (Å²) in [6, 6.07) is 35.4. The molecule has 0 spiro atoms. The van der Waals surface area contributed by atoms with Crippen LogP contribution in [0.1, 0.15) is 12.0 Å². The number of rotatable bonds is 16. The van der Waals surface area contributed by atoms with Gasteiger partial charge >= 0.3 is 0 Å². The lowest BCUT2D eigenvalue weighted by atomic mass is 9.99. The van der Waals surface area contributed by atoms with E-state index in [1.807, 2.05) is 84.6 Å². The van der Waals surface area contributed by atoms with Gasteiger partial charge < -0.3 is 15.1 Å². The SMILES string of the molecule is CN(C)CC[C@H](CSc1ccccc1)Nc1ccc(S(=O)(=O)Nc2ncnc3c(F)c(N4CCN(Cc5ccccc5-c5ccccc5)CC4)ccc23)cc1[N+](=O)[O-]. The fourth-order valence-electron chi connectivity index (χ4n) is 7.04. The van der Waals surface area contributed by atoms with Gasteiger partial charge in [-0.05, 0) is 80.1 Å². The molecule has 1 fully saturated rings. The highest BCUT2D eigenvalue weighted by Crippen LogP contribution is 2.34. The number of aromatic nitrogens is 2. The van der Waals surface area contributed by atoms with E-state index in [4.69, 9.17) is 0 Å². The minimum atomic E-state index is -4.39. The number of hydrogen-bond acceptors (Lipinski definition) is 11. The van der Waals surface area contributed by atoms with Crippen LogP contribution in [0.15, 0.2) is 131 Å². The van der Waals surface area contributed by atoms with E-state index in [0.29, 0.717) is 31.0 Å². The van der Waals surface area contributed by atoms with Crippen LogP contribution in [0, 0.1) is 15.9 Å². The third-order valence-corrected chi connectivity index (χ3v) is 12.6. The summed E-state index contributed by atoms with van der Waals surface area (Å²) in [4.78, 5) is 27.1. The van der Waals surface area contributed by atoms with Crippen molar-refractivity contribution in [1.82, 2.24) is 19.8 Å². The molecule has 1 aromatic heterocycles. The Hall–Kier alpha value is -5.61. The van der Waals surface area contributed by atoms with Crippen molar-refractivity contribution in [3.8, 4) is 11.1 Å². The zero-order valence-electron chi connectivity index (χ0n) is 32.3. The Kier molecular flexibility index (Phi) is 12.8. The molecule has 1 aliphatic rings. The highest BCUT2D eigenvalue weighted by Gasteiger charge is 2.26. The summed E-state index contributed by atoms with van der Waals surface area (Å²) < 4.78 is 46.1. The predicted molar refractivity (Wildman–Crippen MR) is 231 cm³/mol. The first-order valence-electron chi connectivity index (χ1n) is 19.0.